The van der Waals surface area contributed by atoms with Gasteiger partial charge in [-0.3, -0.25) is 4.79 Å². The number of carboxylic acid groups (broad SMARTS) is 1. The summed E-state index contributed by atoms with van der Waals surface area (Å²) in [6.45, 7) is 3.37. The van der Waals surface area contributed by atoms with Crippen molar-refractivity contribution < 1.29 is 14.6 Å². The van der Waals surface area contributed by atoms with Gasteiger partial charge in [0.05, 0.1) is 13.0 Å². The molecule has 1 N–H and O–H groups in total. The normalized spacial score (nSPS) is 32.5. The predicted molar refractivity (Wildman–Crippen MR) is 35.7 cm³/mol. The topological polar surface area (TPSA) is 46.5 Å². The van der Waals surface area contributed by atoms with Crippen molar-refractivity contribution in [3.05, 3.63) is 0 Å². The van der Waals surface area contributed by atoms with E-state index >= 15 is 0 Å². The van der Waals surface area contributed by atoms with Gasteiger partial charge in [-0.15, -0.1) is 0 Å². The monoisotopic (exact) mass is 144 g/mol. The maximum Gasteiger partial charge on any atom is 0.303 e. The van der Waals surface area contributed by atoms with Crippen LogP contribution >= 0.6 is 0 Å². The van der Waals surface area contributed by atoms with Gasteiger partial charge >= 0.3 is 5.97 Å². The first kappa shape index (κ1) is 7.54. The van der Waals surface area contributed by atoms with Crippen LogP contribution in [0.15, 0.2) is 0 Å². The predicted octanol–water partition coefficient (Wildman–Crippen LogP) is 0.744. The smallest absolute Gasteiger partial charge is 0.303 e. The molecule has 1 aliphatic rings. The fourth-order valence-electron chi connectivity index (χ4n) is 1.19. The van der Waals surface area contributed by atoms with Crippen molar-refractivity contribution in [1.29, 1.82) is 0 Å². The van der Waals surface area contributed by atoms with Gasteiger partial charge < -0.3 is 9.84 Å². The molecule has 0 amide bonds. The van der Waals surface area contributed by atoms with Crippen molar-refractivity contribution in [2.75, 3.05) is 13.2 Å². The molecule has 1 saturated heterocycles. The Bertz CT molecular complexity index is 133. The maximum absolute atomic E-state index is 10.2. The molecular formula is C7H12O3. The van der Waals surface area contributed by atoms with E-state index in [4.69, 9.17) is 9.84 Å². The average Bonchev–Trinajstić information content (AvgIpc) is 2.15. The Balaban J connectivity index is 2.33. The zero-order chi connectivity index (χ0) is 7.56. The molecule has 0 aliphatic carbocycles. The molecule has 1 fully saturated rings. The number of hydrogen-bond donors (Lipinski definition) is 1. The molecule has 2 unspecified atom stereocenters. The Morgan fingerprint density at radius 2 is 2.40 bits per heavy atom. The summed E-state index contributed by atoms with van der Waals surface area (Å²) in [5.74, 6) is -0.0732. The van der Waals surface area contributed by atoms with Gasteiger partial charge in [-0.2, -0.15) is 0 Å². The SMILES string of the molecule is CC1COCC1CC(=O)O. The zero-order valence-electron chi connectivity index (χ0n) is 6.04. The van der Waals surface area contributed by atoms with Crippen LogP contribution in [0.4, 0.5) is 0 Å². The minimum Gasteiger partial charge on any atom is -0.481 e. The lowest BCUT2D eigenvalue weighted by Crippen LogP contribution is -2.13. The van der Waals surface area contributed by atoms with E-state index in [1.807, 2.05) is 6.92 Å². The summed E-state index contributed by atoms with van der Waals surface area (Å²) >= 11 is 0. The summed E-state index contributed by atoms with van der Waals surface area (Å²) in [6, 6.07) is 0. The van der Waals surface area contributed by atoms with E-state index in [2.05, 4.69) is 0 Å². The number of aliphatic carboxylic acids is 1. The number of carbonyl (C=O) groups is 1. The molecule has 0 aromatic rings. The quantitative estimate of drug-likeness (QED) is 0.621. The van der Waals surface area contributed by atoms with E-state index in [0.29, 0.717) is 12.5 Å². The third-order valence-corrected chi connectivity index (χ3v) is 1.95. The Labute approximate surface area is 60.0 Å². The lowest BCUT2D eigenvalue weighted by atomic mass is 9.95. The highest BCUT2D eigenvalue weighted by molar-refractivity contribution is 5.67. The standard InChI is InChI=1S/C7H12O3/c1-5-3-10-4-6(5)2-7(8)9/h5-6H,2-4H2,1H3,(H,8,9). The van der Waals surface area contributed by atoms with Gasteiger partial charge in [-0.05, 0) is 11.8 Å². The van der Waals surface area contributed by atoms with Gasteiger partial charge in [-0.1, -0.05) is 6.92 Å². The molecule has 2 atom stereocenters. The largest absolute Gasteiger partial charge is 0.481 e. The first-order valence-electron chi connectivity index (χ1n) is 3.49. The highest BCUT2D eigenvalue weighted by Gasteiger charge is 2.25. The molecule has 0 saturated carbocycles. The number of carboxylic acids is 1. The number of rotatable bonds is 2. The van der Waals surface area contributed by atoms with Gasteiger partial charge in [0, 0.05) is 6.61 Å². The molecule has 3 heteroatoms. The first-order chi connectivity index (χ1) is 4.70. The van der Waals surface area contributed by atoms with Crippen LogP contribution in [0.5, 0.6) is 0 Å². The second-order valence-corrected chi connectivity index (χ2v) is 2.87. The van der Waals surface area contributed by atoms with Gasteiger partial charge in [-0.25, -0.2) is 0 Å². The Hall–Kier alpha value is -0.570. The maximum atomic E-state index is 10.2. The second kappa shape index (κ2) is 3.01. The molecule has 0 aromatic carbocycles. The van der Waals surface area contributed by atoms with Gasteiger partial charge in [0.2, 0.25) is 0 Å². The summed E-state index contributed by atoms with van der Waals surface area (Å²) in [7, 11) is 0. The van der Waals surface area contributed by atoms with Crippen LogP contribution in [0.25, 0.3) is 0 Å². The van der Waals surface area contributed by atoms with Crippen molar-refractivity contribution in [2.24, 2.45) is 11.8 Å². The van der Waals surface area contributed by atoms with Crippen molar-refractivity contribution in [1.82, 2.24) is 0 Å². The number of hydrogen-bond acceptors (Lipinski definition) is 2. The highest BCUT2D eigenvalue weighted by atomic mass is 16.5. The van der Waals surface area contributed by atoms with E-state index in [0.717, 1.165) is 6.61 Å². The summed E-state index contributed by atoms with van der Waals surface area (Å²) in [4.78, 5) is 10.2. The molecule has 0 bridgehead atoms. The van der Waals surface area contributed by atoms with Crippen LogP contribution in [0.2, 0.25) is 0 Å². The highest BCUT2D eigenvalue weighted by Crippen LogP contribution is 2.22. The van der Waals surface area contributed by atoms with Gasteiger partial charge in [0.1, 0.15) is 0 Å². The lowest BCUT2D eigenvalue weighted by molar-refractivity contribution is -0.138. The molecular weight excluding hydrogens is 132 g/mol. The van der Waals surface area contributed by atoms with Crippen molar-refractivity contribution in [2.45, 2.75) is 13.3 Å². The van der Waals surface area contributed by atoms with E-state index in [9.17, 15) is 4.79 Å². The Morgan fingerprint density at radius 1 is 1.70 bits per heavy atom. The molecule has 1 rings (SSSR count). The van der Waals surface area contributed by atoms with Crippen molar-refractivity contribution in [3.63, 3.8) is 0 Å². The third-order valence-electron chi connectivity index (χ3n) is 1.95. The van der Waals surface area contributed by atoms with Gasteiger partial charge in [0.15, 0.2) is 0 Å². The second-order valence-electron chi connectivity index (χ2n) is 2.87. The van der Waals surface area contributed by atoms with Crippen molar-refractivity contribution in [3.8, 4) is 0 Å². The van der Waals surface area contributed by atoms with E-state index in [1.54, 1.807) is 0 Å². The molecule has 0 radical (unpaired) electrons. The van der Waals surface area contributed by atoms with E-state index in [-0.39, 0.29) is 12.3 Å². The fraction of sp³-hybridized carbons (Fsp3) is 0.857. The fourth-order valence-corrected chi connectivity index (χ4v) is 1.19. The third kappa shape index (κ3) is 1.70. The minimum atomic E-state index is -0.720. The first-order valence-corrected chi connectivity index (χ1v) is 3.49. The number of ether oxygens (including phenoxy) is 1. The molecule has 10 heavy (non-hydrogen) atoms. The van der Waals surface area contributed by atoms with E-state index < -0.39 is 5.97 Å². The van der Waals surface area contributed by atoms with Crippen LogP contribution in [0.1, 0.15) is 13.3 Å². The van der Waals surface area contributed by atoms with Crippen LogP contribution in [0, 0.1) is 11.8 Å². The molecule has 0 spiro atoms. The van der Waals surface area contributed by atoms with E-state index in [1.165, 1.54) is 0 Å². The molecule has 1 aliphatic heterocycles. The van der Waals surface area contributed by atoms with Crippen LogP contribution < -0.4 is 0 Å². The van der Waals surface area contributed by atoms with Crippen LogP contribution in [-0.2, 0) is 9.53 Å². The van der Waals surface area contributed by atoms with Gasteiger partial charge in [0.25, 0.3) is 0 Å². The molecule has 1 heterocycles. The summed E-state index contributed by atoms with van der Waals surface area (Å²) in [6.07, 6.45) is 0.251. The molecule has 58 valence electrons. The molecule has 3 nitrogen and oxygen atoms in total. The Kier molecular flexibility index (Phi) is 2.27. The van der Waals surface area contributed by atoms with Crippen molar-refractivity contribution >= 4 is 5.97 Å². The minimum absolute atomic E-state index is 0.234. The Morgan fingerprint density at radius 3 is 2.80 bits per heavy atom. The summed E-state index contributed by atoms with van der Waals surface area (Å²) in [5, 5.41) is 8.44. The lowest BCUT2D eigenvalue weighted by Gasteiger charge is -2.08. The van der Waals surface area contributed by atoms with Crippen LogP contribution in [-0.4, -0.2) is 24.3 Å². The summed E-state index contributed by atoms with van der Waals surface area (Å²) in [5.41, 5.74) is 0. The van der Waals surface area contributed by atoms with Crippen LogP contribution in [0.3, 0.4) is 0 Å². The zero-order valence-corrected chi connectivity index (χ0v) is 6.04. The molecule has 0 aromatic heterocycles. The average molecular weight is 144 g/mol. The summed E-state index contributed by atoms with van der Waals surface area (Å²) < 4.78 is 5.11.